The zero-order valence-electron chi connectivity index (χ0n) is 21.5. The quantitative estimate of drug-likeness (QED) is 0.193. The first-order valence-electron chi connectivity index (χ1n) is 12.6. The maximum Gasteiger partial charge on any atom is 0.349 e. The molecular weight excluding hydrogens is 474 g/mol. The fraction of sp³-hybridized carbons (Fsp3) is 0.414. The highest BCUT2D eigenvalue weighted by molar-refractivity contribution is 5.96. The molecule has 1 fully saturated rings. The first-order valence-corrected chi connectivity index (χ1v) is 12.6. The number of benzene rings is 2. The van der Waals surface area contributed by atoms with Gasteiger partial charge < -0.3 is 23.9 Å². The monoisotopic (exact) mass is 507 g/mol. The molecule has 0 spiro atoms. The zero-order valence-corrected chi connectivity index (χ0v) is 21.5. The van der Waals surface area contributed by atoms with E-state index in [0.29, 0.717) is 31.6 Å². The number of nitrogens with one attached hydrogen (secondary N) is 1. The van der Waals surface area contributed by atoms with E-state index in [1.54, 1.807) is 12.1 Å². The van der Waals surface area contributed by atoms with Crippen LogP contribution in [0.4, 0.5) is 0 Å². The van der Waals surface area contributed by atoms with E-state index >= 15 is 0 Å². The van der Waals surface area contributed by atoms with Crippen LogP contribution in [0, 0.1) is 0 Å². The number of ether oxygens (including phenoxy) is 3. The number of hydrogen-bond acceptors (Lipinski definition) is 7. The molecule has 1 saturated heterocycles. The molecule has 1 amide bonds. The highest BCUT2D eigenvalue weighted by Crippen LogP contribution is 2.25. The van der Waals surface area contributed by atoms with E-state index in [1.165, 1.54) is 17.7 Å². The third kappa shape index (κ3) is 7.20. The molecule has 0 bridgehead atoms. The summed E-state index contributed by atoms with van der Waals surface area (Å²) in [4.78, 5) is 37.1. The number of hydrogen-bond donors (Lipinski definition) is 1. The molecule has 8 heteroatoms. The lowest BCUT2D eigenvalue weighted by molar-refractivity contribution is -0.134. The lowest BCUT2D eigenvalue weighted by atomic mass is 9.87. The Kier molecular flexibility index (Phi) is 8.28. The molecule has 1 atom stereocenters. The van der Waals surface area contributed by atoms with Crippen LogP contribution >= 0.6 is 0 Å². The number of fused-ring (bicyclic) bond motifs is 1. The SMILES string of the molecule is CC(C)(C)c1ccc(OCCCC(=O)Oc2ccc3cc(C(=O)NCC4CCCO4)c(=O)oc3c2)cc1. The number of rotatable bonds is 9. The molecule has 2 aromatic carbocycles. The molecule has 1 aromatic heterocycles. The van der Waals surface area contributed by atoms with E-state index in [2.05, 4.69) is 26.1 Å². The van der Waals surface area contributed by atoms with Gasteiger partial charge in [-0.05, 0) is 60.6 Å². The summed E-state index contributed by atoms with van der Waals surface area (Å²) < 4.78 is 21.9. The van der Waals surface area contributed by atoms with Crippen molar-refractivity contribution in [3.05, 3.63) is 70.1 Å². The van der Waals surface area contributed by atoms with Gasteiger partial charge in [-0.1, -0.05) is 32.9 Å². The number of carbonyl (C=O) groups is 2. The Hall–Kier alpha value is -3.65. The van der Waals surface area contributed by atoms with E-state index < -0.39 is 17.5 Å². The van der Waals surface area contributed by atoms with Crippen LogP contribution in [0.15, 0.2) is 57.7 Å². The number of carbonyl (C=O) groups excluding carboxylic acids is 2. The predicted octanol–water partition coefficient (Wildman–Crippen LogP) is 4.76. The Balaban J connectivity index is 1.27. The third-order valence-electron chi connectivity index (χ3n) is 6.21. The molecule has 4 rings (SSSR count). The summed E-state index contributed by atoms with van der Waals surface area (Å²) in [7, 11) is 0. The minimum absolute atomic E-state index is 0.0276. The Morgan fingerprint density at radius 2 is 1.81 bits per heavy atom. The minimum atomic E-state index is -0.756. The van der Waals surface area contributed by atoms with Gasteiger partial charge in [0.2, 0.25) is 0 Å². The van der Waals surface area contributed by atoms with Crippen molar-refractivity contribution >= 4 is 22.8 Å². The van der Waals surface area contributed by atoms with Crippen molar-refractivity contribution in [1.29, 1.82) is 0 Å². The van der Waals surface area contributed by atoms with Crippen LogP contribution in [0.5, 0.6) is 11.5 Å². The van der Waals surface area contributed by atoms with E-state index in [9.17, 15) is 14.4 Å². The van der Waals surface area contributed by atoms with Crippen molar-refractivity contribution in [3.8, 4) is 11.5 Å². The van der Waals surface area contributed by atoms with Crippen molar-refractivity contribution in [2.24, 2.45) is 0 Å². The van der Waals surface area contributed by atoms with Crippen molar-refractivity contribution in [2.45, 2.75) is 58.0 Å². The van der Waals surface area contributed by atoms with Crippen LogP contribution in [0.25, 0.3) is 11.0 Å². The molecular formula is C29H33NO7. The molecule has 37 heavy (non-hydrogen) atoms. The van der Waals surface area contributed by atoms with Crippen LogP contribution in [0.2, 0.25) is 0 Å². The molecule has 0 saturated carbocycles. The van der Waals surface area contributed by atoms with Gasteiger partial charge in [0, 0.05) is 31.0 Å². The molecule has 1 N–H and O–H groups in total. The summed E-state index contributed by atoms with van der Waals surface area (Å²) in [5, 5.41) is 3.27. The largest absolute Gasteiger partial charge is 0.494 e. The van der Waals surface area contributed by atoms with E-state index in [-0.39, 0.29) is 34.8 Å². The maximum atomic E-state index is 12.4. The fourth-order valence-corrected chi connectivity index (χ4v) is 4.06. The molecule has 0 radical (unpaired) electrons. The van der Waals surface area contributed by atoms with Gasteiger partial charge in [0.1, 0.15) is 22.6 Å². The topological polar surface area (TPSA) is 104 Å². The average Bonchev–Trinajstić information content (AvgIpc) is 3.38. The van der Waals surface area contributed by atoms with Crippen molar-refractivity contribution in [1.82, 2.24) is 5.32 Å². The molecule has 3 aromatic rings. The zero-order chi connectivity index (χ0) is 26.4. The highest BCUT2D eigenvalue weighted by atomic mass is 16.5. The summed E-state index contributed by atoms with van der Waals surface area (Å²) >= 11 is 0. The third-order valence-corrected chi connectivity index (χ3v) is 6.21. The molecule has 1 aliphatic heterocycles. The second-order valence-electron chi connectivity index (χ2n) is 10.2. The van der Waals surface area contributed by atoms with Gasteiger partial charge in [-0.15, -0.1) is 0 Å². The second kappa shape index (κ2) is 11.6. The van der Waals surface area contributed by atoms with Gasteiger partial charge in [0.05, 0.1) is 12.7 Å². The second-order valence-corrected chi connectivity index (χ2v) is 10.2. The smallest absolute Gasteiger partial charge is 0.349 e. The van der Waals surface area contributed by atoms with E-state index in [1.807, 2.05) is 24.3 Å². The lowest BCUT2D eigenvalue weighted by Crippen LogP contribution is -2.34. The Morgan fingerprint density at radius 3 is 2.51 bits per heavy atom. The molecule has 0 aliphatic carbocycles. The normalized spacial score (nSPS) is 15.5. The van der Waals surface area contributed by atoms with E-state index in [4.69, 9.17) is 18.6 Å². The maximum absolute atomic E-state index is 12.4. The van der Waals surface area contributed by atoms with Crippen molar-refractivity contribution in [3.63, 3.8) is 0 Å². The summed E-state index contributed by atoms with van der Waals surface area (Å²) in [6.07, 6.45) is 2.48. The Morgan fingerprint density at radius 1 is 1.05 bits per heavy atom. The summed E-state index contributed by atoms with van der Waals surface area (Å²) in [6.45, 7) is 7.88. The molecule has 2 heterocycles. The van der Waals surface area contributed by atoms with Gasteiger partial charge >= 0.3 is 11.6 Å². The van der Waals surface area contributed by atoms with Gasteiger partial charge in [0.15, 0.2) is 0 Å². The van der Waals surface area contributed by atoms with E-state index in [0.717, 1.165) is 18.6 Å². The van der Waals surface area contributed by atoms with Crippen LogP contribution in [0.1, 0.15) is 62.4 Å². The van der Waals surface area contributed by atoms with Gasteiger partial charge in [-0.25, -0.2) is 4.79 Å². The molecule has 8 nitrogen and oxygen atoms in total. The van der Waals surface area contributed by atoms with Crippen LogP contribution in [-0.2, 0) is 14.9 Å². The summed E-state index contributed by atoms with van der Waals surface area (Å²) in [6, 6.07) is 14.1. The predicted molar refractivity (Wildman–Crippen MR) is 139 cm³/mol. The lowest BCUT2D eigenvalue weighted by Gasteiger charge is -2.19. The standard InChI is InChI=1S/C29H33NO7/c1-29(2,3)20-9-12-21(13-10-20)34-15-5-7-26(31)36-22-11-8-19-16-24(28(33)37-25(19)17-22)27(32)30-18-23-6-4-14-35-23/h8-13,16-17,23H,4-7,14-15,18H2,1-3H3,(H,30,32). The number of esters is 1. The van der Waals surface area contributed by atoms with Crippen molar-refractivity contribution < 1.29 is 28.2 Å². The van der Waals surface area contributed by atoms with Gasteiger partial charge in [0.25, 0.3) is 5.91 Å². The first-order chi connectivity index (χ1) is 17.7. The molecule has 196 valence electrons. The van der Waals surface area contributed by atoms with Crippen LogP contribution < -0.4 is 20.4 Å². The molecule has 1 unspecified atom stereocenters. The van der Waals surface area contributed by atoms with Gasteiger partial charge in [-0.3, -0.25) is 9.59 Å². The average molecular weight is 508 g/mol. The molecule has 1 aliphatic rings. The minimum Gasteiger partial charge on any atom is -0.494 e. The number of amides is 1. The first kappa shape index (κ1) is 26.4. The van der Waals surface area contributed by atoms with Crippen molar-refractivity contribution in [2.75, 3.05) is 19.8 Å². The highest BCUT2D eigenvalue weighted by Gasteiger charge is 2.19. The Bertz CT molecular complexity index is 1300. The van der Waals surface area contributed by atoms with Crippen LogP contribution in [0.3, 0.4) is 0 Å². The van der Waals surface area contributed by atoms with Gasteiger partial charge in [-0.2, -0.15) is 0 Å². The summed E-state index contributed by atoms with van der Waals surface area (Å²) in [5.41, 5.74) is 0.697. The van der Waals surface area contributed by atoms with Crippen LogP contribution in [-0.4, -0.2) is 37.7 Å². The fourth-order valence-electron chi connectivity index (χ4n) is 4.06. The Labute approximate surface area is 215 Å². The summed E-state index contributed by atoms with van der Waals surface area (Å²) in [5.74, 6) is 0.0910.